The molecule has 0 amide bonds. The summed E-state index contributed by atoms with van der Waals surface area (Å²) in [5.74, 6) is 0. The average molecular weight is 274 g/mol. The molecule has 2 aromatic rings. The van der Waals surface area contributed by atoms with E-state index >= 15 is 0 Å². The highest BCUT2D eigenvalue weighted by Gasteiger charge is 2.07. The third-order valence-electron chi connectivity index (χ3n) is 3.50. The zero-order chi connectivity index (χ0) is 14.2. The van der Waals surface area contributed by atoms with Gasteiger partial charge < -0.3 is 14.6 Å². The lowest BCUT2D eigenvalue weighted by Crippen LogP contribution is -2.17. The fourth-order valence-corrected chi connectivity index (χ4v) is 2.54. The monoisotopic (exact) mass is 274 g/mol. The van der Waals surface area contributed by atoms with Gasteiger partial charge in [0, 0.05) is 37.5 Å². The van der Waals surface area contributed by atoms with Gasteiger partial charge in [-0.15, -0.1) is 0 Å². The van der Waals surface area contributed by atoms with E-state index in [4.69, 9.17) is 4.74 Å². The summed E-state index contributed by atoms with van der Waals surface area (Å²) in [5.41, 5.74) is 2.70. The van der Waals surface area contributed by atoms with E-state index in [1.165, 1.54) is 23.0 Å². The van der Waals surface area contributed by atoms with Crippen LogP contribution in [0.25, 0.3) is 10.9 Å². The van der Waals surface area contributed by atoms with Crippen LogP contribution in [-0.4, -0.2) is 24.3 Å². The van der Waals surface area contributed by atoms with Crippen LogP contribution in [0.15, 0.2) is 30.3 Å². The molecular weight excluding hydrogens is 248 g/mol. The first-order chi connectivity index (χ1) is 9.86. The number of aromatic nitrogens is 1. The molecule has 0 saturated heterocycles. The number of aryl methyl sites for hydroxylation is 1. The maximum Gasteiger partial charge on any atom is 0.0482 e. The predicted octanol–water partition coefficient (Wildman–Crippen LogP) is 3.57. The highest BCUT2D eigenvalue weighted by molar-refractivity contribution is 5.81. The molecule has 0 unspecified atom stereocenters. The average Bonchev–Trinajstić information content (AvgIpc) is 2.82. The fraction of sp³-hybridized carbons (Fsp3) is 0.529. The topological polar surface area (TPSA) is 26.2 Å². The Morgan fingerprint density at radius 2 is 2.05 bits per heavy atom. The van der Waals surface area contributed by atoms with Crippen LogP contribution in [0, 0.1) is 0 Å². The van der Waals surface area contributed by atoms with Crippen molar-refractivity contribution in [1.29, 1.82) is 0 Å². The summed E-state index contributed by atoms with van der Waals surface area (Å²) in [6.45, 7) is 8.92. The minimum absolute atomic E-state index is 0.803. The highest BCUT2D eigenvalue weighted by Crippen LogP contribution is 2.20. The van der Waals surface area contributed by atoms with Crippen molar-refractivity contribution in [2.24, 2.45) is 0 Å². The summed E-state index contributed by atoms with van der Waals surface area (Å²) in [7, 11) is 0. The van der Waals surface area contributed by atoms with Gasteiger partial charge in [-0.05, 0) is 43.8 Å². The van der Waals surface area contributed by atoms with Gasteiger partial charge in [-0.1, -0.05) is 25.1 Å². The summed E-state index contributed by atoms with van der Waals surface area (Å²) in [5, 5.41) is 4.83. The molecule has 0 spiro atoms. The van der Waals surface area contributed by atoms with Gasteiger partial charge in [-0.3, -0.25) is 0 Å². The lowest BCUT2D eigenvalue weighted by atomic mass is 10.2. The van der Waals surface area contributed by atoms with E-state index in [-0.39, 0.29) is 0 Å². The Balaban J connectivity index is 2.11. The van der Waals surface area contributed by atoms with E-state index in [1.54, 1.807) is 0 Å². The SMILES string of the molecule is CCCNCc1cc2ccccc2n1CCCOCC. The second-order valence-electron chi connectivity index (χ2n) is 5.07. The molecule has 0 aliphatic carbocycles. The number of nitrogens with zero attached hydrogens (tertiary/aromatic N) is 1. The molecule has 0 bridgehead atoms. The maximum atomic E-state index is 5.45. The van der Waals surface area contributed by atoms with E-state index in [0.29, 0.717) is 0 Å². The smallest absolute Gasteiger partial charge is 0.0482 e. The molecule has 0 aliphatic heterocycles. The summed E-state index contributed by atoms with van der Waals surface area (Å²) >= 11 is 0. The lowest BCUT2D eigenvalue weighted by molar-refractivity contribution is 0.141. The molecule has 0 fully saturated rings. The molecule has 1 aromatic heterocycles. The van der Waals surface area contributed by atoms with Crippen LogP contribution in [0.2, 0.25) is 0 Å². The van der Waals surface area contributed by atoms with Crippen LogP contribution in [0.4, 0.5) is 0 Å². The molecule has 0 aliphatic rings. The van der Waals surface area contributed by atoms with Crippen molar-refractivity contribution in [3.63, 3.8) is 0 Å². The Morgan fingerprint density at radius 3 is 2.85 bits per heavy atom. The molecule has 3 heteroatoms. The van der Waals surface area contributed by atoms with Gasteiger partial charge in [0.1, 0.15) is 0 Å². The predicted molar refractivity (Wildman–Crippen MR) is 85.0 cm³/mol. The van der Waals surface area contributed by atoms with E-state index < -0.39 is 0 Å². The number of fused-ring (bicyclic) bond motifs is 1. The standard InChI is InChI=1S/C17H26N2O/c1-3-10-18-14-16-13-15-8-5-6-9-17(15)19(16)11-7-12-20-4-2/h5-6,8-9,13,18H,3-4,7,10-12,14H2,1-2H3. The Morgan fingerprint density at radius 1 is 1.20 bits per heavy atom. The van der Waals surface area contributed by atoms with Crippen LogP contribution in [-0.2, 0) is 17.8 Å². The van der Waals surface area contributed by atoms with Crippen molar-refractivity contribution in [1.82, 2.24) is 9.88 Å². The molecule has 0 saturated carbocycles. The van der Waals surface area contributed by atoms with Gasteiger partial charge in [0.2, 0.25) is 0 Å². The Kier molecular flexibility index (Phi) is 6.09. The molecule has 20 heavy (non-hydrogen) atoms. The van der Waals surface area contributed by atoms with Crippen molar-refractivity contribution in [3.05, 3.63) is 36.0 Å². The molecule has 1 N–H and O–H groups in total. The molecular formula is C17H26N2O. The highest BCUT2D eigenvalue weighted by atomic mass is 16.5. The van der Waals surface area contributed by atoms with Gasteiger partial charge in [0.25, 0.3) is 0 Å². The van der Waals surface area contributed by atoms with Crippen LogP contribution in [0.5, 0.6) is 0 Å². The second-order valence-corrected chi connectivity index (χ2v) is 5.07. The van der Waals surface area contributed by atoms with E-state index in [9.17, 15) is 0 Å². The number of ether oxygens (including phenoxy) is 1. The molecule has 0 radical (unpaired) electrons. The van der Waals surface area contributed by atoms with Crippen LogP contribution >= 0.6 is 0 Å². The van der Waals surface area contributed by atoms with Gasteiger partial charge >= 0.3 is 0 Å². The van der Waals surface area contributed by atoms with Crippen molar-refractivity contribution in [3.8, 4) is 0 Å². The van der Waals surface area contributed by atoms with Crippen molar-refractivity contribution >= 4 is 10.9 Å². The largest absolute Gasteiger partial charge is 0.382 e. The Bertz CT molecular complexity index is 519. The van der Waals surface area contributed by atoms with E-state index in [1.807, 2.05) is 6.92 Å². The molecule has 3 nitrogen and oxygen atoms in total. The van der Waals surface area contributed by atoms with Crippen LogP contribution < -0.4 is 5.32 Å². The van der Waals surface area contributed by atoms with E-state index in [0.717, 1.165) is 39.3 Å². The molecule has 2 rings (SSSR count). The number of hydrogen-bond donors (Lipinski definition) is 1. The molecule has 1 aromatic carbocycles. The van der Waals surface area contributed by atoms with Crippen molar-refractivity contribution in [2.45, 2.75) is 39.8 Å². The molecule has 1 heterocycles. The van der Waals surface area contributed by atoms with Crippen LogP contribution in [0.3, 0.4) is 0 Å². The quantitative estimate of drug-likeness (QED) is 0.708. The second kappa shape index (κ2) is 8.08. The van der Waals surface area contributed by atoms with Crippen molar-refractivity contribution in [2.75, 3.05) is 19.8 Å². The normalized spacial score (nSPS) is 11.3. The lowest BCUT2D eigenvalue weighted by Gasteiger charge is -2.11. The van der Waals surface area contributed by atoms with Gasteiger partial charge in [-0.2, -0.15) is 0 Å². The fourth-order valence-electron chi connectivity index (χ4n) is 2.54. The van der Waals surface area contributed by atoms with Crippen molar-refractivity contribution < 1.29 is 4.74 Å². The molecule has 110 valence electrons. The first-order valence-electron chi connectivity index (χ1n) is 7.72. The number of nitrogens with one attached hydrogen (secondary N) is 1. The summed E-state index contributed by atoms with van der Waals surface area (Å²) < 4.78 is 7.88. The minimum Gasteiger partial charge on any atom is -0.382 e. The van der Waals surface area contributed by atoms with Gasteiger partial charge in [0.05, 0.1) is 0 Å². The van der Waals surface area contributed by atoms with Crippen LogP contribution in [0.1, 0.15) is 32.4 Å². The molecule has 0 atom stereocenters. The first kappa shape index (κ1) is 15.1. The summed E-state index contributed by atoms with van der Waals surface area (Å²) in [6.07, 6.45) is 2.23. The number of rotatable bonds is 9. The minimum atomic E-state index is 0.803. The Labute approximate surface area is 121 Å². The third kappa shape index (κ3) is 3.84. The third-order valence-corrected chi connectivity index (χ3v) is 3.50. The zero-order valence-corrected chi connectivity index (χ0v) is 12.7. The van der Waals surface area contributed by atoms with Gasteiger partial charge in [-0.25, -0.2) is 0 Å². The summed E-state index contributed by atoms with van der Waals surface area (Å²) in [6, 6.07) is 10.9. The van der Waals surface area contributed by atoms with E-state index in [2.05, 4.69) is 47.1 Å². The van der Waals surface area contributed by atoms with Gasteiger partial charge in [0.15, 0.2) is 0 Å². The summed E-state index contributed by atoms with van der Waals surface area (Å²) in [4.78, 5) is 0. The number of benzene rings is 1. The Hall–Kier alpha value is -1.32. The number of para-hydroxylation sites is 1. The number of hydrogen-bond acceptors (Lipinski definition) is 2. The maximum absolute atomic E-state index is 5.45. The first-order valence-corrected chi connectivity index (χ1v) is 7.72. The zero-order valence-electron chi connectivity index (χ0n) is 12.7.